The van der Waals surface area contributed by atoms with Gasteiger partial charge in [0.05, 0.1) is 25.1 Å². The molecule has 3 rings (SSSR count). The first-order valence-corrected chi connectivity index (χ1v) is 9.76. The molecule has 0 radical (unpaired) electrons. The fourth-order valence-electron chi connectivity index (χ4n) is 3.30. The molecule has 0 atom stereocenters. The Morgan fingerprint density at radius 1 is 1.33 bits per heavy atom. The highest BCUT2D eigenvalue weighted by atomic mass is 32.1. The summed E-state index contributed by atoms with van der Waals surface area (Å²) < 4.78 is 45.3. The average molecular weight is 444 g/mol. The number of thiophene rings is 1. The van der Waals surface area contributed by atoms with Crippen LogP contribution in [0.2, 0.25) is 0 Å². The van der Waals surface area contributed by atoms with E-state index in [1.54, 1.807) is 18.0 Å². The molecule has 2 aromatic heterocycles. The van der Waals surface area contributed by atoms with Gasteiger partial charge in [-0.2, -0.15) is 18.4 Å². The van der Waals surface area contributed by atoms with Crippen molar-refractivity contribution in [1.29, 1.82) is 5.26 Å². The summed E-state index contributed by atoms with van der Waals surface area (Å²) in [5.74, 6) is 0.389. The Morgan fingerprint density at radius 2 is 2.07 bits per heavy atom. The van der Waals surface area contributed by atoms with Crippen LogP contribution in [0.15, 0.2) is 14.6 Å². The maximum Gasteiger partial charge on any atom is 0.406 e. The van der Waals surface area contributed by atoms with Gasteiger partial charge in [-0.25, -0.2) is 4.79 Å². The van der Waals surface area contributed by atoms with Crippen LogP contribution in [0.4, 0.5) is 13.2 Å². The number of fused-ring (bicyclic) bond motifs is 1. The van der Waals surface area contributed by atoms with E-state index in [1.165, 1.54) is 18.4 Å². The summed E-state index contributed by atoms with van der Waals surface area (Å²) in [7, 11) is 1.41. The molecular weight excluding hydrogens is 425 g/mol. The molecule has 1 aliphatic rings. The van der Waals surface area contributed by atoms with Crippen LogP contribution < -0.4 is 16.6 Å². The molecule has 0 aromatic carbocycles. The van der Waals surface area contributed by atoms with E-state index in [0.717, 1.165) is 4.57 Å². The van der Waals surface area contributed by atoms with Crippen molar-refractivity contribution in [3.05, 3.63) is 31.3 Å². The quantitative estimate of drug-likeness (QED) is 0.667. The van der Waals surface area contributed by atoms with Gasteiger partial charge in [-0.15, -0.1) is 16.3 Å². The number of guanidine groups is 1. The molecular formula is C17H19F3N6O3S. The first-order chi connectivity index (χ1) is 14.2. The zero-order chi connectivity index (χ0) is 22.1. The second kappa shape index (κ2) is 8.49. The molecule has 30 heavy (non-hydrogen) atoms. The first kappa shape index (κ1) is 21.8. The highest BCUT2D eigenvalue weighted by Crippen LogP contribution is 2.29. The van der Waals surface area contributed by atoms with Crippen LogP contribution in [0.5, 0.6) is 0 Å². The molecule has 2 aromatic rings. The molecule has 3 heterocycles. The van der Waals surface area contributed by atoms with Crippen molar-refractivity contribution in [1.82, 2.24) is 19.4 Å². The third kappa shape index (κ3) is 4.19. The molecule has 13 heteroatoms. The summed E-state index contributed by atoms with van der Waals surface area (Å²) in [5, 5.41) is 11.9. The second-order valence-corrected chi connectivity index (χ2v) is 7.73. The van der Waals surface area contributed by atoms with E-state index in [9.17, 15) is 22.8 Å². The lowest BCUT2D eigenvalue weighted by Gasteiger charge is -2.15. The minimum absolute atomic E-state index is 0.00970. The smallest absolute Gasteiger partial charge is 0.383 e. The molecule has 1 N–H and O–H groups in total. The van der Waals surface area contributed by atoms with Crippen LogP contribution in [0.1, 0.15) is 10.4 Å². The number of aryl methyl sites for hydroxylation is 1. The number of halogens is 3. The lowest BCUT2D eigenvalue weighted by Crippen LogP contribution is -2.43. The van der Waals surface area contributed by atoms with Gasteiger partial charge in [0.25, 0.3) is 5.56 Å². The van der Waals surface area contributed by atoms with Crippen molar-refractivity contribution >= 4 is 27.5 Å². The Balaban J connectivity index is 2.17. The highest BCUT2D eigenvalue weighted by molar-refractivity contribution is 7.18. The Labute approximate surface area is 172 Å². The summed E-state index contributed by atoms with van der Waals surface area (Å²) in [6.07, 6.45) is -3.00. The standard InChI is InChI=1S/C17H19F3N6O3S/c1-10-11(7-24-4-3-22-15(24)23-9-21)30-14-12(10)13(27)26(8-17(18,19)20)16(28)25(14)5-6-29-2/h3-8H2,1-2H3,(H,22,23). The molecule has 1 aliphatic heterocycles. The van der Waals surface area contributed by atoms with Crippen LogP contribution >= 0.6 is 11.3 Å². The summed E-state index contributed by atoms with van der Waals surface area (Å²) in [5.41, 5.74) is -1.49. The zero-order valence-corrected chi connectivity index (χ0v) is 17.1. The maximum atomic E-state index is 13.0. The number of aromatic nitrogens is 2. The van der Waals surface area contributed by atoms with Crippen molar-refractivity contribution in [2.75, 3.05) is 26.8 Å². The van der Waals surface area contributed by atoms with Gasteiger partial charge in [-0.1, -0.05) is 0 Å². The van der Waals surface area contributed by atoms with Crippen molar-refractivity contribution in [3.63, 3.8) is 0 Å². The third-order valence-electron chi connectivity index (χ3n) is 4.70. The lowest BCUT2D eigenvalue weighted by molar-refractivity contribution is -0.141. The predicted octanol–water partition coefficient (Wildman–Crippen LogP) is 0.984. The van der Waals surface area contributed by atoms with Crippen molar-refractivity contribution in [2.24, 2.45) is 4.99 Å². The van der Waals surface area contributed by atoms with E-state index in [1.807, 2.05) is 0 Å². The van der Waals surface area contributed by atoms with Gasteiger partial charge in [0, 0.05) is 25.1 Å². The number of hydrogen-bond donors (Lipinski definition) is 1. The molecule has 0 amide bonds. The van der Waals surface area contributed by atoms with E-state index < -0.39 is 24.0 Å². The van der Waals surface area contributed by atoms with E-state index >= 15 is 0 Å². The molecule has 0 unspecified atom stereocenters. The van der Waals surface area contributed by atoms with Gasteiger partial charge in [0.2, 0.25) is 12.2 Å². The lowest BCUT2D eigenvalue weighted by atomic mass is 10.2. The van der Waals surface area contributed by atoms with E-state index in [2.05, 4.69) is 10.3 Å². The Morgan fingerprint density at radius 3 is 2.70 bits per heavy atom. The second-order valence-electron chi connectivity index (χ2n) is 6.65. The monoisotopic (exact) mass is 444 g/mol. The molecule has 0 spiro atoms. The Kier molecular flexibility index (Phi) is 6.18. The minimum atomic E-state index is -4.72. The van der Waals surface area contributed by atoms with E-state index in [4.69, 9.17) is 10.00 Å². The number of nitrogens with one attached hydrogen (secondary N) is 1. The van der Waals surface area contributed by atoms with E-state index in [-0.39, 0.29) is 23.1 Å². The minimum Gasteiger partial charge on any atom is -0.383 e. The number of ether oxygens (including phenoxy) is 1. The van der Waals surface area contributed by atoms with Crippen molar-refractivity contribution in [2.45, 2.75) is 32.7 Å². The summed E-state index contributed by atoms with van der Waals surface area (Å²) in [6.45, 7) is 1.55. The number of rotatable bonds is 6. The number of nitrogens with zero attached hydrogens (tertiary/aromatic N) is 5. The topological polar surface area (TPSA) is 105 Å². The van der Waals surface area contributed by atoms with E-state index in [0.29, 0.717) is 40.9 Å². The summed E-state index contributed by atoms with van der Waals surface area (Å²) in [4.78, 5) is 32.0. The van der Waals surface area contributed by atoms with Crippen molar-refractivity contribution < 1.29 is 17.9 Å². The van der Waals surface area contributed by atoms with Gasteiger partial charge in [0.15, 0.2) is 0 Å². The largest absolute Gasteiger partial charge is 0.406 e. The first-order valence-electron chi connectivity index (χ1n) is 8.94. The highest BCUT2D eigenvalue weighted by Gasteiger charge is 2.32. The fourth-order valence-corrected chi connectivity index (χ4v) is 4.63. The van der Waals surface area contributed by atoms with Gasteiger partial charge < -0.3 is 15.0 Å². The maximum absolute atomic E-state index is 13.0. The predicted molar refractivity (Wildman–Crippen MR) is 104 cm³/mol. The van der Waals surface area contributed by atoms with Crippen LogP contribution in [-0.2, 0) is 24.4 Å². The molecule has 162 valence electrons. The summed E-state index contributed by atoms with van der Waals surface area (Å²) >= 11 is 1.17. The Bertz CT molecular complexity index is 1140. The number of methoxy groups -OCH3 is 1. The van der Waals surface area contributed by atoms with Crippen LogP contribution in [0.3, 0.4) is 0 Å². The van der Waals surface area contributed by atoms with Crippen molar-refractivity contribution in [3.8, 4) is 6.19 Å². The SMILES string of the molecule is COCCn1c(=O)n(CC(F)(F)F)c(=O)c2c(C)c(CN3CCN/C3=N\C#N)sc21. The molecule has 0 bridgehead atoms. The number of aliphatic imine (C=N–C) groups is 1. The molecule has 1 saturated heterocycles. The molecule has 9 nitrogen and oxygen atoms in total. The van der Waals surface area contributed by atoms with Gasteiger partial charge in [-0.3, -0.25) is 13.9 Å². The molecule has 1 fully saturated rings. The average Bonchev–Trinajstić information content (AvgIpc) is 3.23. The normalized spacial score (nSPS) is 15.7. The Hall–Kier alpha value is -2.85. The third-order valence-corrected chi connectivity index (χ3v) is 6.00. The molecule has 0 saturated carbocycles. The summed E-state index contributed by atoms with van der Waals surface area (Å²) in [6, 6.07) is 0. The van der Waals surface area contributed by atoms with Gasteiger partial charge in [0.1, 0.15) is 11.4 Å². The van der Waals surface area contributed by atoms with Crippen LogP contribution in [0.25, 0.3) is 10.2 Å². The fraction of sp³-hybridized carbons (Fsp3) is 0.529. The zero-order valence-electron chi connectivity index (χ0n) is 16.2. The molecule has 0 aliphatic carbocycles. The van der Waals surface area contributed by atoms with Gasteiger partial charge in [-0.05, 0) is 12.5 Å². The number of alkyl halides is 3. The number of hydrogen-bond acceptors (Lipinski definition) is 6. The van der Waals surface area contributed by atoms with Crippen LogP contribution in [0, 0.1) is 18.4 Å². The van der Waals surface area contributed by atoms with Crippen LogP contribution in [-0.4, -0.2) is 53.0 Å². The number of nitriles is 1. The van der Waals surface area contributed by atoms with Gasteiger partial charge >= 0.3 is 11.9 Å².